The van der Waals surface area contributed by atoms with E-state index in [1.165, 1.54) is 4.68 Å². The molecule has 1 aromatic rings. The van der Waals surface area contributed by atoms with Gasteiger partial charge in [0.15, 0.2) is 0 Å². The van der Waals surface area contributed by atoms with Gasteiger partial charge in [0.25, 0.3) is 5.56 Å². The lowest BCUT2D eigenvalue weighted by Gasteiger charge is -2.24. The van der Waals surface area contributed by atoms with Gasteiger partial charge in [-0.05, 0) is 35.9 Å². The SMILES string of the molecule is C=CCn1ncc(NC(C)CN(CC)CC)c(Br)c1=O. The molecule has 1 heterocycles. The monoisotopic (exact) mass is 342 g/mol. The number of nitrogens with one attached hydrogen (secondary N) is 1. The Hall–Kier alpha value is -1.14. The molecular weight excluding hydrogens is 320 g/mol. The van der Waals surface area contributed by atoms with Crippen molar-refractivity contribution in [1.82, 2.24) is 14.7 Å². The number of aromatic nitrogens is 2. The van der Waals surface area contributed by atoms with Crippen LogP contribution in [-0.2, 0) is 6.54 Å². The second kappa shape index (κ2) is 8.21. The van der Waals surface area contributed by atoms with Crippen LogP contribution in [0.2, 0.25) is 0 Å². The average molecular weight is 343 g/mol. The lowest BCUT2D eigenvalue weighted by atomic mass is 10.3. The van der Waals surface area contributed by atoms with E-state index in [4.69, 9.17) is 0 Å². The first kappa shape index (κ1) is 16.9. The molecule has 1 rings (SSSR count). The highest BCUT2D eigenvalue weighted by Gasteiger charge is 2.12. The standard InChI is InChI=1S/C14H23BrN4O/c1-5-8-19-14(20)13(15)12(9-16-19)17-11(4)10-18(6-2)7-3/h5,9,11,17H,1,6-8,10H2,2-4H3. The summed E-state index contributed by atoms with van der Waals surface area (Å²) < 4.78 is 1.89. The van der Waals surface area contributed by atoms with Crippen LogP contribution in [-0.4, -0.2) is 40.4 Å². The minimum absolute atomic E-state index is 0.148. The van der Waals surface area contributed by atoms with Crippen molar-refractivity contribution in [3.8, 4) is 0 Å². The Morgan fingerprint density at radius 1 is 1.55 bits per heavy atom. The molecule has 0 fully saturated rings. The minimum atomic E-state index is -0.148. The molecule has 0 saturated carbocycles. The van der Waals surface area contributed by atoms with Crippen LogP contribution in [0.25, 0.3) is 0 Å². The van der Waals surface area contributed by atoms with Crippen LogP contribution in [0.1, 0.15) is 20.8 Å². The van der Waals surface area contributed by atoms with Crippen LogP contribution in [0.4, 0.5) is 5.69 Å². The van der Waals surface area contributed by atoms with E-state index in [9.17, 15) is 4.79 Å². The summed E-state index contributed by atoms with van der Waals surface area (Å²) in [6.45, 7) is 13.4. The second-order valence-electron chi connectivity index (χ2n) is 4.68. The summed E-state index contributed by atoms with van der Waals surface area (Å²) in [5.74, 6) is 0. The minimum Gasteiger partial charge on any atom is -0.379 e. The topological polar surface area (TPSA) is 50.2 Å². The third kappa shape index (κ3) is 4.45. The molecule has 1 aromatic heterocycles. The molecule has 0 aliphatic heterocycles. The zero-order valence-electron chi connectivity index (χ0n) is 12.4. The number of allylic oxidation sites excluding steroid dienone is 1. The van der Waals surface area contributed by atoms with Gasteiger partial charge in [0.2, 0.25) is 0 Å². The predicted molar refractivity (Wildman–Crippen MR) is 87.3 cm³/mol. The van der Waals surface area contributed by atoms with Gasteiger partial charge in [-0.3, -0.25) is 4.79 Å². The molecule has 0 amide bonds. The largest absolute Gasteiger partial charge is 0.379 e. The number of halogens is 1. The number of rotatable bonds is 8. The van der Waals surface area contributed by atoms with Crippen LogP contribution < -0.4 is 10.9 Å². The highest BCUT2D eigenvalue weighted by Crippen LogP contribution is 2.17. The molecule has 0 saturated heterocycles. The van der Waals surface area contributed by atoms with Crippen LogP contribution in [0.5, 0.6) is 0 Å². The summed E-state index contributed by atoms with van der Waals surface area (Å²) in [7, 11) is 0. The van der Waals surface area contributed by atoms with Gasteiger partial charge in [0.05, 0.1) is 18.4 Å². The lowest BCUT2D eigenvalue weighted by Crippen LogP contribution is -2.35. The van der Waals surface area contributed by atoms with Crippen molar-refractivity contribution in [2.45, 2.75) is 33.4 Å². The Kier molecular flexibility index (Phi) is 6.95. The van der Waals surface area contributed by atoms with Gasteiger partial charge in [-0.15, -0.1) is 6.58 Å². The van der Waals surface area contributed by atoms with Gasteiger partial charge in [0.1, 0.15) is 4.47 Å². The van der Waals surface area contributed by atoms with Crippen molar-refractivity contribution in [1.29, 1.82) is 0 Å². The predicted octanol–water partition coefficient (Wildman–Crippen LogP) is 2.33. The quantitative estimate of drug-likeness (QED) is 0.736. The average Bonchev–Trinajstić information content (AvgIpc) is 2.44. The maximum atomic E-state index is 12.1. The molecule has 0 aliphatic carbocycles. The first-order chi connectivity index (χ1) is 9.53. The Morgan fingerprint density at radius 3 is 2.75 bits per heavy atom. The fourth-order valence-corrected chi connectivity index (χ4v) is 2.42. The van der Waals surface area contributed by atoms with Crippen molar-refractivity contribution < 1.29 is 0 Å². The van der Waals surface area contributed by atoms with Gasteiger partial charge >= 0.3 is 0 Å². The molecule has 112 valence electrons. The van der Waals surface area contributed by atoms with Crippen LogP contribution in [0, 0.1) is 0 Å². The Balaban J connectivity index is 2.80. The Labute approximate surface area is 128 Å². The zero-order valence-corrected chi connectivity index (χ0v) is 14.0. The van der Waals surface area contributed by atoms with E-state index < -0.39 is 0 Å². The highest BCUT2D eigenvalue weighted by atomic mass is 79.9. The number of hydrogen-bond donors (Lipinski definition) is 1. The molecule has 20 heavy (non-hydrogen) atoms. The number of likely N-dealkylation sites (N-methyl/N-ethyl adjacent to an activating group) is 1. The summed E-state index contributed by atoms with van der Waals surface area (Å²) in [6.07, 6.45) is 3.32. The van der Waals surface area contributed by atoms with E-state index in [-0.39, 0.29) is 11.6 Å². The van der Waals surface area contributed by atoms with Crippen molar-refractivity contribution in [2.24, 2.45) is 0 Å². The maximum absolute atomic E-state index is 12.1. The lowest BCUT2D eigenvalue weighted by molar-refractivity contribution is 0.294. The van der Waals surface area contributed by atoms with E-state index in [2.05, 4.69) is 58.6 Å². The van der Waals surface area contributed by atoms with E-state index in [1.54, 1.807) is 12.3 Å². The van der Waals surface area contributed by atoms with Crippen LogP contribution in [0.15, 0.2) is 28.1 Å². The number of hydrogen-bond acceptors (Lipinski definition) is 4. The van der Waals surface area contributed by atoms with Crippen molar-refractivity contribution in [3.63, 3.8) is 0 Å². The summed E-state index contributed by atoms with van der Waals surface area (Å²) in [5.41, 5.74) is 0.583. The van der Waals surface area contributed by atoms with Crippen LogP contribution in [0.3, 0.4) is 0 Å². The summed E-state index contributed by atoms with van der Waals surface area (Å²) in [6, 6.07) is 0.239. The van der Waals surface area contributed by atoms with E-state index in [1.807, 2.05) is 0 Å². The van der Waals surface area contributed by atoms with Gasteiger partial charge in [-0.2, -0.15) is 5.10 Å². The maximum Gasteiger partial charge on any atom is 0.283 e. The van der Waals surface area contributed by atoms with Crippen molar-refractivity contribution >= 4 is 21.6 Å². The van der Waals surface area contributed by atoms with Gasteiger partial charge in [-0.1, -0.05) is 19.9 Å². The molecule has 6 heteroatoms. The molecule has 0 aromatic carbocycles. The first-order valence-electron chi connectivity index (χ1n) is 6.88. The Bertz CT molecular complexity index is 496. The molecule has 0 bridgehead atoms. The third-order valence-corrected chi connectivity index (χ3v) is 3.88. The van der Waals surface area contributed by atoms with E-state index >= 15 is 0 Å². The normalized spacial score (nSPS) is 12.4. The zero-order chi connectivity index (χ0) is 15.1. The Morgan fingerprint density at radius 2 is 2.20 bits per heavy atom. The fourth-order valence-electron chi connectivity index (χ4n) is 2.00. The van der Waals surface area contributed by atoms with Gasteiger partial charge < -0.3 is 10.2 Å². The van der Waals surface area contributed by atoms with Gasteiger partial charge in [-0.25, -0.2) is 4.68 Å². The molecular formula is C14H23BrN4O. The number of anilines is 1. The molecule has 1 atom stereocenters. The smallest absolute Gasteiger partial charge is 0.283 e. The molecule has 5 nitrogen and oxygen atoms in total. The molecule has 0 radical (unpaired) electrons. The molecule has 0 aliphatic rings. The summed E-state index contributed by atoms with van der Waals surface area (Å²) in [4.78, 5) is 14.4. The first-order valence-corrected chi connectivity index (χ1v) is 7.68. The van der Waals surface area contributed by atoms with Crippen LogP contribution >= 0.6 is 15.9 Å². The van der Waals surface area contributed by atoms with Crippen molar-refractivity contribution in [3.05, 3.63) is 33.7 Å². The molecule has 1 N–H and O–H groups in total. The summed E-state index contributed by atoms with van der Waals surface area (Å²) in [5, 5.41) is 7.46. The summed E-state index contributed by atoms with van der Waals surface area (Å²) >= 11 is 3.35. The fraction of sp³-hybridized carbons (Fsp3) is 0.571. The van der Waals surface area contributed by atoms with E-state index in [0.29, 0.717) is 11.0 Å². The third-order valence-electron chi connectivity index (χ3n) is 3.12. The van der Waals surface area contributed by atoms with E-state index in [0.717, 1.165) is 25.3 Å². The van der Waals surface area contributed by atoms with Gasteiger partial charge in [0, 0.05) is 12.6 Å². The molecule has 0 spiro atoms. The van der Waals surface area contributed by atoms with Crippen molar-refractivity contribution in [2.75, 3.05) is 25.0 Å². The second-order valence-corrected chi connectivity index (χ2v) is 5.47. The molecule has 1 unspecified atom stereocenters. The number of nitrogens with zero attached hydrogens (tertiary/aromatic N) is 3. The highest BCUT2D eigenvalue weighted by molar-refractivity contribution is 9.10.